The van der Waals surface area contributed by atoms with Crippen molar-refractivity contribution in [3.63, 3.8) is 0 Å². The molecule has 1 unspecified atom stereocenters. The molecule has 0 bridgehead atoms. The Balaban J connectivity index is 1.45. The van der Waals surface area contributed by atoms with Crippen LogP contribution in [0.4, 0.5) is 11.4 Å². The highest BCUT2D eigenvalue weighted by atomic mass is 32.2. The van der Waals surface area contributed by atoms with E-state index in [9.17, 15) is 18.3 Å². The quantitative estimate of drug-likeness (QED) is 0.232. The molecule has 0 fully saturated rings. The zero-order chi connectivity index (χ0) is 30.5. The molecular weight excluding hydrogens is 558 g/mol. The van der Waals surface area contributed by atoms with Gasteiger partial charge in [0.05, 0.1) is 24.8 Å². The van der Waals surface area contributed by atoms with E-state index in [0.717, 1.165) is 11.1 Å². The highest BCUT2D eigenvalue weighted by Crippen LogP contribution is 2.39. The zero-order valence-electron chi connectivity index (χ0n) is 24.6. The number of aliphatic hydroxyl groups excluding tert-OH is 1. The van der Waals surface area contributed by atoms with Crippen molar-refractivity contribution in [2.45, 2.75) is 56.6 Å². The Morgan fingerprint density at radius 3 is 2.40 bits per heavy atom. The van der Waals surface area contributed by atoms with Gasteiger partial charge < -0.3 is 30.0 Å². The first-order valence-corrected chi connectivity index (χ1v) is 15.2. The van der Waals surface area contributed by atoms with Crippen LogP contribution in [0.1, 0.15) is 37.0 Å². The second-order valence-electron chi connectivity index (χ2n) is 11.0. The van der Waals surface area contributed by atoms with Gasteiger partial charge in [-0.25, -0.2) is 8.42 Å². The summed E-state index contributed by atoms with van der Waals surface area (Å²) in [5.74, 6) is 1.47. The van der Waals surface area contributed by atoms with Gasteiger partial charge in [-0.05, 0) is 75.6 Å². The second-order valence-corrected chi connectivity index (χ2v) is 12.7. The van der Waals surface area contributed by atoms with Gasteiger partial charge >= 0.3 is 0 Å². The molecule has 1 amide bonds. The van der Waals surface area contributed by atoms with Crippen LogP contribution in [0.25, 0.3) is 0 Å². The summed E-state index contributed by atoms with van der Waals surface area (Å²) in [6.07, 6.45) is 0.387. The van der Waals surface area contributed by atoms with E-state index in [4.69, 9.17) is 14.2 Å². The number of amides is 1. The number of nitrogens with one attached hydrogen (secondary N) is 3. The van der Waals surface area contributed by atoms with E-state index < -0.39 is 16.1 Å². The summed E-state index contributed by atoms with van der Waals surface area (Å²) in [5.41, 5.74) is 3.08. The average molecular weight is 598 g/mol. The third kappa shape index (κ3) is 7.72. The third-order valence-electron chi connectivity index (χ3n) is 7.04. The Bertz CT molecular complexity index is 1520. The van der Waals surface area contributed by atoms with Crippen LogP contribution in [0, 0.1) is 6.92 Å². The number of hydrogen-bond donors (Lipinski definition) is 4. The SMILES string of the molecule is COc1ccc(CC(C)(C)NCC(O)COc2c(NS(=O)(=O)c3ccc(C)cc3)ccc3c2CCC(=O)N3)cc1OC. The Kier molecular flexibility index (Phi) is 9.65. The van der Waals surface area contributed by atoms with Gasteiger partial charge in [0, 0.05) is 29.8 Å². The van der Waals surface area contributed by atoms with Crippen molar-refractivity contribution in [2.24, 2.45) is 0 Å². The molecule has 1 aliphatic heterocycles. The minimum atomic E-state index is -3.91. The number of rotatable bonds is 13. The number of carbonyl (C=O) groups is 1. The standard InChI is InChI=1S/C31H39N3O7S/c1-20-6-9-23(10-7-20)42(37,38)34-26-13-12-25-24(11-15-29(36)33-25)30(26)41-19-22(35)18-32-31(2,3)17-21-8-14-27(39-4)28(16-21)40-5/h6-10,12-14,16,22,32,34-35H,11,15,17-19H2,1-5H3,(H,33,36). The molecule has 0 saturated heterocycles. The summed E-state index contributed by atoms with van der Waals surface area (Å²) in [7, 11) is -0.718. The largest absolute Gasteiger partial charge is 0.493 e. The molecule has 4 N–H and O–H groups in total. The Morgan fingerprint density at radius 1 is 1.00 bits per heavy atom. The lowest BCUT2D eigenvalue weighted by molar-refractivity contribution is -0.116. The lowest BCUT2D eigenvalue weighted by Gasteiger charge is -2.29. The Hall–Kier alpha value is -3.80. The highest BCUT2D eigenvalue weighted by molar-refractivity contribution is 7.92. The summed E-state index contributed by atoms with van der Waals surface area (Å²) in [4.78, 5) is 12.1. The predicted octanol–water partition coefficient (Wildman–Crippen LogP) is 4.05. The summed E-state index contributed by atoms with van der Waals surface area (Å²) in [6, 6.07) is 15.5. The van der Waals surface area contributed by atoms with Crippen molar-refractivity contribution >= 4 is 27.3 Å². The van der Waals surface area contributed by atoms with Gasteiger partial charge in [0.1, 0.15) is 18.5 Å². The van der Waals surface area contributed by atoms with Crippen molar-refractivity contribution < 1.29 is 32.5 Å². The van der Waals surface area contributed by atoms with E-state index in [1.54, 1.807) is 38.5 Å². The topological polar surface area (TPSA) is 135 Å². The molecule has 0 aromatic heterocycles. The molecule has 42 heavy (non-hydrogen) atoms. The molecule has 0 radical (unpaired) electrons. The fourth-order valence-corrected chi connectivity index (χ4v) is 5.87. The van der Waals surface area contributed by atoms with Crippen LogP contribution in [0.5, 0.6) is 17.2 Å². The van der Waals surface area contributed by atoms with Crippen LogP contribution in [0.2, 0.25) is 0 Å². The van der Waals surface area contributed by atoms with Gasteiger partial charge in [0.25, 0.3) is 10.0 Å². The van der Waals surface area contributed by atoms with Crippen LogP contribution in [-0.4, -0.2) is 58.4 Å². The van der Waals surface area contributed by atoms with Crippen molar-refractivity contribution in [3.8, 4) is 17.2 Å². The fraction of sp³-hybridized carbons (Fsp3) is 0.387. The van der Waals surface area contributed by atoms with E-state index in [2.05, 4.69) is 15.4 Å². The fourth-order valence-electron chi connectivity index (χ4n) is 4.81. The van der Waals surface area contributed by atoms with Crippen molar-refractivity contribution in [2.75, 3.05) is 37.4 Å². The molecule has 1 aliphatic rings. The highest BCUT2D eigenvalue weighted by Gasteiger charge is 2.26. The van der Waals surface area contributed by atoms with E-state index in [0.29, 0.717) is 35.6 Å². The number of methoxy groups -OCH3 is 2. The van der Waals surface area contributed by atoms with E-state index in [-0.39, 0.29) is 47.4 Å². The molecule has 0 saturated carbocycles. The number of carbonyl (C=O) groups excluding carboxylic acids is 1. The van der Waals surface area contributed by atoms with Gasteiger partial charge in [-0.15, -0.1) is 0 Å². The smallest absolute Gasteiger partial charge is 0.262 e. The van der Waals surface area contributed by atoms with Gasteiger partial charge in [-0.2, -0.15) is 0 Å². The number of aryl methyl sites for hydroxylation is 1. The number of β-amino-alcohol motifs (C(OH)–C–C–N with tert-alkyl or cyclic N) is 1. The molecule has 1 heterocycles. The maximum absolute atomic E-state index is 13.2. The molecular formula is C31H39N3O7S. The van der Waals surface area contributed by atoms with Gasteiger partial charge in [0.15, 0.2) is 11.5 Å². The maximum atomic E-state index is 13.2. The number of ether oxygens (including phenoxy) is 3. The molecule has 10 nitrogen and oxygen atoms in total. The summed E-state index contributed by atoms with van der Waals surface area (Å²) in [5, 5.41) is 17.0. The van der Waals surface area contributed by atoms with Gasteiger partial charge in [0.2, 0.25) is 5.91 Å². The zero-order valence-corrected chi connectivity index (χ0v) is 25.4. The van der Waals surface area contributed by atoms with Gasteiger partial charge in [-0.3, -0.25) is 9.52 Å². The number of benzene rings is 3. The number of aliphatic hydroxyl groups is 1. The first-order chi connectivity index (χ1) is 19.9. The molecule has 1 atom stereocenters. The molecule has 3 aromatic rings. The summed E-state index contributed by atoms with van der Waals surface area (Å²) < 4.78 is 45.7. The lowest BCUT2D eigenvalue weighted by atomic mass is 9.94. The summed E-state index contributed by atoms with van der Waals surface area (Å²) in [6.45, 7) is 6.08. The average Bonchev–Trinajstić information content (AvgIpc) is 2.95. The minimum absolute atomic E-state index is 0.0941. The van der Waals surface area contributed by atoms with E-state index >= 15 is 0 Å². The molecule has 11 heteroatoms. The lowest BCUT2D eigenvalue weighted by Crippen LogP contribution is -2.46. The predicted molar refractivity (Wildman–Crippen MR) is 162 cm³/mol. The van der Waals surface area contributed by atoms with Gasteiger partial charge in [-0.1, -0.05) is 23.8 Å². The maximum Gasteiger partial charge on any atom is 0.262 e. The summed E-state index contributed by atoms with van der Waals surface area (Å²) >= 11 is 0. The molecule has 0 spiro atoms. The molecule has 4 rings (SSSR count). The van der Waals surface area contributed by atoms with Crippen LogP contribution in [-0.2, 0) is 27.7 Å². The van der Waals surface area contributed by atoms with E-state index in [1.165, 1.54) is 12.1 Å². The normalized spacial score (nSPS) is 14.0. The number of anilines is 2. The number of sulfonamides is 1. The third-order valence-corrected chi connectivity index (χ3v) is 8.42. The molecule has 0 aliphatic carbocycles. The Morgan fingerprint density at radius 2 is 1.71 bits per heavy atom. The van der Waals surface area contributed by atoms with Crippen LogP contribution in [0.15, 0.2) is 59.5 Å². The second kappa shape index (κ2) is 13.0. The van der Waals surface area contributed by atoms with Crippen molar-refractivity contribution in [1.29, 1.82) is 0 Å². The van der Waals surface area contributed by atoms with Crippen molar-refractivity contribution in [3.05, 3.63) is 71.3 Å². The molecule has 226 valence electrons. The first kappa shape index (κ1) is 31.1. The monoisotopic (exact) mass is 597 g/mol. The molecule has 3 aromatic carbocycles. The first-order valence-electron chi connectivity index (χ1n) is 13.7. The van der Waals surface area contributed by atoms with Crippen molar-refractivity contribution in [1.82, 2.24) is 5.32 Å². The number of hydrogen-bond acceptors (Lipinski definition) is 8. The van der Waals surface area contributed by atoms with Crippen LogP contribution >= 0.6 is 0 Å². The van der Waals surface area contributed by atoms with Crippen LogP contribution < -0.4 is 29.6 Å². The van der Waals surface area contributed by atoms with Crippen LogP contribution in [0.3, 0.4) is 0 Å². The van der Waals surface area contributed by atoms with E-state index in [1.807, 2.05) is 39.0 Å². The minimum Gasteiger partial charge on any atom is -0.493 e. The Labute approximate surface area is 247 Å². The number of fused-ring (bicyclic) bond motifs is 1.